The molecule has 1 N–H and O–H groups in total. The normalized spacial score (nSPS) is 15.8. The summed E-state index contributed by atoms with van der Waals surface area (Å²) < 4.78 is 11.6. The van der Waals surface area contributed by atoms with Crippen LogP contribution in [0.1, 0.15) is 28.4 Å². The third-order valence-corrected chi connectivity index (χ3v) is 6.59. The molecule has 0 spiro atoms. The summed E-state index contributed by atoms with van der Waals surface area (Å²) in [5.41, 5.74) is 3.44. The zero-order valence-corrected chi connectivity index (χ0v) is 19.9. The minimum Gasteiger partial charge on any atom is -0.493 e. The van der Waals surface area contributed by atoms with Gasteiger partial charge in [0.25, 0.3) is 5.91 Å². The Bertz CT molecular complexity index is 966. The lowest BCUT2D eigenvalue weighted by atomic mass is 10.1. The molecule has 1 fully saturated rings. The highest BCUT2D eigenvalue weighted by atomic mass is 79.9. The maximum Gasteiger partial charge on any atom is 0.255 e. The van der Waals surface area contributed by atoms with Crippen molar-refractivity contribution in [2.24, 2.45) is 0 Å². The number of halogens is 1. The van der Waals surface area contributed by atoms with E-state index in [0.29, 0.717) is 39.8 Å². The number of rotatable bonds is 6. The van der Waals surface area contributed by atoms with Gasteiger partial charge in [-0.05, 0) is 72.1 Å². The molecule has 160 valence electrons. The van der Waals surface area contributed by atoms with Crippen molar-refractivity contribution in [2.75, 3.05) is 30.7 Å². The first kappa shape index (κ1) is 22.5. The number of amides is 2. The second-order valence-electron chi connectivity index (χ2n) is 7.00. The van der Waals surface area contributed by atoms with Crippen LogP contribution in [0.15, 0.2) is 34.8 Å². The van der Waals surface area contributed by atoms with Crippen molar-refractivity contribution < 1.29 is 19.1 Å². The molecule has 1 heterocycles. The summed E-state index contributed by atoms with van der Waals surface area (Å²) in [7, 11) is 1.53. The van der Waals surface area contributed by atoms with Gasteiger partial charge in [0, 0.05) is 17.0 Å². The number of carbonyl (C=O) groups is 2. The molecule has 1 unspecified atom stereocenters. The lowest BCUT2D eigenvalue weighted by Crippen LogP contribution is -2.44. The van der Waals surface area contributed by atoms with Crippen LogP contribution in [0.5, 0.6) is 11.5 Å². The second kappa shape index (κ2) is 9.75. The van der Waals surface area contributed by atoms with E-state index in [4.69, 9.17) is 9.47 Å². The van der Waals surface area contributed by atoms with Gasteiger partial charge in [-0.2, -0.15) is 0 Å². The molecule has 0 saturated carbocycles. The summed E-state index contributed by atoms with van der Waals surface area (Å²) in [6.45, 7) is 6.39. The first-order valence-electron chi connectivity index (χ1n) is 9.62. The molecule has 8 heteroatoms. The number of anilines is 1. The quantitative estimate of drug-likeness (QED) is 0.636. The number of thioether (sulfide) groups is 1. The summed E-state index contributed by atoms with van der Waals surface area (Å²) in [5, 5.41) is 2.95. The number of nitrogens with zero attached hydrogens (tertiary/aromatic N) is 1. The van der Waals surface area contributed by atoms with Gasteiger partial charge in [0.1, 0.15) is 6.04 Å². The Morgan fingerprint density at radius 3 is 2.67 bits per heavy atom. The Labute approximate surface area is 189 Å². The first-order chi connectivity index (χ1) is 14.3. The van der Waals surface area contributed by atoms with E-state index in [2.05, 4.69) is 21.2 Å². The number of carbonyl (C=O) groups excluding carboxylic acids is 2. The lowest BCUT2D eigenvalue weighted by molar-refractivity contribution is -0.119. The SMILES string of the molecule is CCOc1c(Br)cc(C(=O)N2CSCC2C(=O)Nc2ccc(C)c(C)c2)cc1OC. The van der Waals surface area contributed by atoms with Crippen LogP contribution in [-0.4, -0.2) is 48.1 Å². The largest absolute Gasteiger partial charge is 0.493 e. The maximum absolute atomic E-state index is 13.2. The van der Waals surface area contributed by atoms with Crippen LogP contribution in [0.3, 0.4) is 0 Å². The summed E-state index contributed by atoms with van der Waals surface area (Å²) in [4.78, 5) is 27.7. The molecule has 1 aliphatic heterocycles. The van der Waals surface area contributed by atoms with Gasteiger partial charge in [0.05, 0.1) is 24.1 Å². The number of nitrogens with one attached hydrogen (secondary N) is 1. The average Bonchev–Trinajstić information content (AvgIpc) is 3.21. The Morgan fingerprint density at radius 1 is 1.23 bits per heavy atom. The smallest absolute Gasteiger partial charge is 0.255 e. The maximum atomic E-state index is 13.2. The van der Waals surface area contributed by atoms with Crippen LogP contribution < -0.4 is 14.8 Å². The van der Waals surface area contributed by atoms with E-state index in [-0.39, 0.29) is 11.8 Å². The number of methoxy groups -OCH3 is 1. The van der Waals surface area contributed by atoms with Crippen LogP contribution in [0.25, 0.3) is 0 Å². The Balaban J connectivity index is 1.80. The number of ether oxygens (including phenoxy) is 2. The van der Waals surface area contributed by atoms with Gasteiger partial charge in [0.2, 0.25) is 5.91 Å². The van der Waals surface area contributed by atoms with E-state index in [0.717, 1.165) is 16.8 Å². The van der Waals surface area contributed by atoms with Gasteiger partial charge in [-0.1, -0.05) is 6.07 Å². The zero-order valence-electron chi connectivity index (χ0n) is 17.5. The van der Waals surface area contributed by atoms with Gasteiger partial charge >= 0.3 is 0 Å². The van der Waals surface area contributed by atoms with Gasteiger partial charge in [-0.3, -0.25) is 9.59 Å². The van der Waals surface area contributed by atoms with Crippen LogP contribution in [0.4, 0.5) is 5.69 Å². The predicted molar refractivity (Wildman–Crippen MR) is 124 cm³/mol. The fraction of sp³-hybridized carbons (Fsp3) is 0.364. The first-order valence-corrected chi connectivity index (χ1v) is 11.6. The van der Waals surface area contributed by atoms with E-state index in [1.54, 1.807) is 28.8 Å². The number of aryl methyl sites for hydroxylation is 2. The van der Waals surface area contributed by atoms with Crippen LogP contribution in [0, 0.1) is 13.8 Å². The predicted octanol–water partition coefficient (Wildman–Crippen LogP) is 4.63. The van der Waals surface area contributed by atoms with Gasteiger partial charge in [-0.15, -0.1) is 11.8 Å². The molecule has 3 rings (SSSR count). The Hall–Kier alpha value is -2.19. The van der Waals surface area contributed by atoms with E-state index in [9.17, 15) is 9.59 Å². The zero-order chi connectivity index (χ0) is 21.8. The van der Waals surface area contributed by atoms with Crippen molar-refractivity contribution in [3.63, 3.8) is 0 Å². The van der Waals surface area contributed by atoms with Crippen molar-refractivity contribution in [3.8, 4) is 11.5 Å². The fourth-order valence-electron chi connectivity index (χ4n) is 3.20. The molecular weight excluding hydrogens is 468 g/mol. The van der Waals surface area contributed by atoms with Crippen molar-refractivity contribution in [1.82, 2.24) is 4.90 Å². The molecule has 0 aromatic heterocycles. The standard InChI is InChI=1S/C22H25BrN2O4S/c1-5-29-20-17(23)9-15(10-19(20)28-4)22(27)25-12-30-11-18(25)21(26)24-16-7-6-13(2)14(3)8-16/h6-10,18H,5,11-12H2,1-4H3,(H,24,26). The molecule has 6 nitrogen and oxygen atoms in total. The molecular formula is C22H25BrN2O4S. The van der Waals surface area contributed by atoms with Crippen LogP contribution in [0.2, 0.25) is 0 Å². The Morgan fingerprint density at radius 2 is 2.00 bits per heavy atom. The Kier molecular flexibility index (Phi) is 7.31. The molecule has 1 atom stereocenters. The molecule has 30 heavy (non-hydrogen) atoms. The molecule has 0 radical (unpaired) electrons. The minimum atomic E-state index is -0.541. The number of hydrogen-bond donors (Lipinski definition) is 1. The van der Waals surface area contributed by atoms with E-state index in [1.165, 1.54) is 7.11 Å². The van der Waals surface area contributed by atoms with E-state index < -0.39 is 6.04 Å². The molecule has 2 aromatic rings. The molecule has 1 saturated heterocycles. The lowest BCUT2D eigenvalue weighted by Gasteiger charge is -2.24. The van der Waals surface area contributed by atoms with E-state index >= 15 is 0 Å². The summed E-state index contributed by atoms with van der Waals surface area (Å²) in [5.74, 6) is 1.62. The molecule has 0 aliphatic carbocycles. The van der Waals surface area contributed by atoms with Crippen LogP contribution >= 0.6 is 27.7 Å². The summed E-state index contributed by atoms with van der Waals surface area (Å²) in [6, 6.07) is 8.61. The molecule has 1 aliphatic rings. The van der Waals surface area contributed by atoms with Crippen molar-refractivity contribution >= 4 is 45.2 Å². The number of hydrogen-bond acceptors (Lipinski definition) is 5. The second-order valence-corrected chi connectivity index (χ2v) is 8.86. The number of benzene rings is 2. The van der Waals surface area contributed by atoms with Gasteiger partial charge in [0.15, 0.2) is 11.5 Å². The fourth-order valence-corrected chi connectivity index (χ4v) is 4.91. The third kappa shape index (κ3) is 4.75. The van der Waals surface area contributed by atoms with Crippen molar-refractivity contribution in [3.05, 3.63) is 51.5 Å². The highest BCUT2D eigenvalue weighted by Crippen LogP contribution is 2.37. The van der Waals surface area contributed by atoms with Crippen molar-refractivity contribution in [1.29, 1.82) is 0 Å². The minimum absolute atomic E-state index is 0.187. The highest BCUT2D eigenvalue weighted by molar-refractivity contribution is 9.10. The molecule has 2 aromatic carbocycles. The highest BCUT2D eigenvalue weighted by Gasteiger charge is 2.35. The average molecular weight is 493 g/mol. The van der Waals surface area contributed by atoms with Gasteiger partial charge in [-0.25, -0.2) is 0 Å². The third-order valence-electron chi connectivity index (χ3n) is 4.99. The molecule has 0 bridgehead atoms. The monoisotopic (exact) mass is 492 g/mol. The molecule has 2 amide bonds. The topological polar surface area (TPSA) is 67.9 Å². The summed E-state index contributed by atoms with van der Waals surface area (Å²) in [6.07, 6.45) is 0. The van der Waals surface area contributed by atoms with E-state index in [1.807, 2.05) is 39.0 Å². The summed E-state index contributed by atoms with van der Waals surface area (Å²) >= 11 is 5.02. The van der Waals surface area contributed by atoms with Crippen LogP contribution in [-0.2, 0) is 4.79 Å². The van der Waals surface area contributed by atoms with Gasteiger partial charge < -0.3 is 19.7 Å². The van der Waals surface area contributed by atoms with Crippen molar-refractivity contribution in [2.45, 2.75) is 26.8 Å².